The Morgan fingerprint density at radius 1 is 1.48 bits per heavy atom. The number of anilines is 1. The van der Waals surface area contributed by atoms with E-state index in [0.29, 0.717) is 5.92 Å². The van der Waals surface area contributed by atoms with E-state index in [1.807, 2.05) is 24.0 Å². The van der Waals surface area contributed by atoms with Crippen molar-refractivity contribution in [1.82, 2.24) is 10.3 Å². The zero-order valence-corrected chi connectivity index (χ0v) is 15.0. The van der Waals surface area contributed by atoms with Gasteiger partial charge in [0.15, 0.2) is 0 Å². The second-order valence-corrected chi connectivity index (χ2v) is 8.91. The van der Waals surface area contributed by atoms with Crippen LogP contribution in [0.25, 0.3) is 0 Å². The molecule has 0 radical (unpaired) electrons. The highest BCUT2D eigenvalue weighted by Gasteiger charge is 2.28. The van der Waals surface area contributed by atoms with Gasteiger partial charge in [-0.25, -0.2) is 4.98 Å². The molecule has 0 spiro atoms. The number of hydrogen-bond donors (Lipinski definition) is 1. The standard InChI is InChI=1S/C16H26ClN3S/c1-12(2)8-18-9-13-7-14(17)15(19-10-13)20-5-6-21-16(3,4)11-20/h7,10,12,18H,5-6,8-9,11H2,1-4H3. The first-order chi connectivity index (χ1) is 9.87. The van der Waals surface area contributed by atoms with Crippen molar-refractivity contribution >= 4 is 29.2 Å². The van der Waals surface area contributed by atoms with E-state index in [1.54, 1.807) is 0 Å². The monoisotopic (exact) mass is 327 g/mol. The minimum absolute atomic E-state index is 0.265. The highest BCUT2D eigenvalue weighted by Crippen LogP contribution is 2.34. The van der Waals surface area contributed by atoms with Crippen LogP contribution in [0.15, 0.2) is 12.3 Å². The summed E-state index contributed by atoms with van der Waals surface area (Å²) in [6.45, 7) is 12.8. The molecular formula is C16H26ClN3S. The minimum Gasteiger partial charge on any atom is -0.353 e. The van der Waals surface area contributed by atoms with Gasteiger partial charge in [-0.15, -0.1) is 0 Å². The van der Waals surface area contributed by atoms with E-state index in [2.05, 4.69) is 42.9 Å². The molecule has 0 bridgehead atoms. The van der Waals surface area contributed by atoms with Crippen LogP contribution in [0.5, 0.6) is 0 Å². The van der Waals surface area contributed by atoms with E-state index in [-0.39, 0.29) is 4.75 Å². The Balaban J connectivity index is 2.02. The first kappa shape index (κ1) is 16.9. The van der Waals surface area contributed by atoms with E-state index >= 15 is 0 Å². The molecule has 2 rings (SSSR count). The lowest BCUT2D eigenvalue weighted by Crippen LogP contribution is -2.43. The highest BCUT2D eigenvalue weighted by molar-refractivity contribution is 8.00. The Labute approximate surface area is 137 Å². The van der Waals surface area contributed by atoms with Crippen LogP contribution >= 0.6 is 23.4 Å². The van der Waals surface area contributed by atoms with Gasteiger partial charge in [0.05, 0.1) is 5.02 Å². The molecule has 5 heteroatoms. The second-order valence-electron chi connectivity index (χ2n) is 6.70. The summed E-state index contributed by atoms with van der Waals surface area (Å²) >= 11 is 8.48. The van der Waals surface area contributed by atoms with Crippen molar-refractivity contribution in [3.8, 4) is 0 Å². The molecule has 1 N–H and O–H groups in total. The van der Waals surface area contributed by atoms with Gasteiger partial charge in [-0.3, -0.25) is 0 Å². The Morgan fingerprint density at radius 3 is 2.86 bits per heavy atom. The summed E-state index contributed by atoms with van der Waals surface area (Å²) in [6, 6.07) is 2.05. The Bertz CT molecular complexity index is 477. The van der Waals surface area contributed by atoms with Gasteiger partial charge in [0.1, 0.15) is 5.82 Å². The van der Waals surface area contributed by atoms with Crippen molar-refractivity contribution in [1.29, 1.82) is 0 Å². The van der Waals surface area contributed by atoms with E-state index in [9.17, 15) is 0 Å². The fraction of sp³-hybridized carbons (Fsp3) is 0.688. The summed E-state index contributed by atoms with van der Waals surface area (Å²) in [5.74, 6) is 2.71. The maximum absolute atomic E-state index is 6.46. The average molecular weight is 328 g/mol. The van der Waals surface area contributed by atoms with Crippen LogP contribution in [-0.4, -0.2) is 35.1 Å². The first-order valence-corrected chi connectivity index (χ1v) is 8.98. The van der Waals surface area contributed by atoms with Gasteiger partial charge in [0.25, 0.3) is 0 Å². The number of nitrogens with one attached hydrogen (secondary N) is 1. The largest absolute Gasteiger partial charge is 0.353 e. The van der Waals surface area contributed by atoms with E-state index in [1.165, 1.54) is 0 Å². The van der Waals surface area contributed by atoms with Gasteiger partial charge in [-0.2, -0.15) is 11.8 Å². The molecule has 1 aromatic heterocycles. The molecule has 3 nitrogen and oxygen atoms in total. The minimum atomic E-state index is 0.265. The van der Waals surface area contributed by atoms with Gasteiger partial charge < -0.3 is 10.2 Å². The lowest BCUT2D eigenvalue weighted by Gasteiger charge is -2.38. The van der Waals surface area contributed by atoms with Crippen molar-refractivity contribution in [3.05, 3.63) is 22.8 Å². The lowest BCUT2D eigenvalue weighted by molar-refractivity contribution is 0.552. The molecule has 0 aliphatic carbocycles. The third-order valence-corrected chi connectivity index (χ3v) is 5.06. The van der Waals surface area contributed by atoms with E-state index in [0.717, 1.165) is 48.3 Å². The SMILES string of the molecule is CC(C)CNCc1cnc(N2CCSC(C)(C)C2)c(Cl)c1. The number of aromatic nitrogens is 1. The number of pyridine rings is 1. The first-order valence-electron chi connectivity index (χ1n) is 7.61. The quantitative estimate of drug-likeness (QED) is 0.890. The average Bonchev–Trinajstić information content (AvgIpc) is 2.37. The second kappa shape index (κ2) is 7.21. The molecule has 1 saturated heterocycles. The lowest BCUT2D eigenvalue weighted by atomic mass is 10.2. The maximum atomic E-state index is 6.46. The van der Waals surface area contributed by atoms with Crippen molar-refractivity contribution in [2.45, 2.75) is 39.0 Å². The summed E-state index contributed by atoms with van der Waals surface area (Å²) in [5, 5.41) is 4.19. The number of rotatable bonds is 5. The molecule has 1 aliphatic heterocycles. The fourth-order valence-electron chi connectivity index (χ4n) is 2.50. The van der Waals surface area contributed by atoms with Gasteiger partial charge in [-0.1, -0.05) is 25.4 Å². The Morgan fingerprint density at radius 2 is 2.24 bits per heavy atom. The van der Waals surface area contributed by atoms with Crippen LogP contribution in [-0.2, 0) is 6.54 Å². The normalized spacial score (nSPS) is 18.3. The van der Waals surface area contributed by atoms with Crippen molar-refractivity contribution < 1.29 is 0 Å². The summed E-state index contributed by atoms with van der Waals surface area (Å²) < 4.78 is 0.265. The van der Waals surface area contributed by atoms with Crippen LogP contribution in [0.1, 0.15) is 33.3 Å². The Hall–Kier alpha value is -0.450. The van der Waals surface area contributed by atoms with Crippen LogP contribution in [0.3, 0.4) is 0 Å². The maximum Gasteiger partial charge on any atom is 0.147 e. The molecule has 0 aromatic carbocycles. The van der Waals surface area contributed by atoms with Crippen molar-refractivity contribution in [2.75, 3.05) is 30.3 Å². The van der Waals surface area contributed by atoms with Gasteiger partial charge in [-0.05, 0) is 37.9 Å². The number of thioether (sulfide) groups is 1. The van der Waals surface area contributed by atoms with Crippen LogP contribution in [0.2, 0.25) is 5.02 Å². The summed E-state index contributed by atoms with van der Waals surface area (Å²) in [6.07, 6.45) is 1.95. The van der Waals surface area contributed by atoms with Crippen LogP contribution < -0.4 is 10.2 Å². The molecule has 2 heterocycles. The van der Waals surface area contributed by atoms with Gasteiger partial charge >= 0.3 is 0 Å². The molecule has 21 heavy (non-hydrogen) atoms. The smallest absolute Gasteiger partial charge is 0.147 e. The van der Waals surface area contributed by atoms with Crippen LogP contribution in [0.4, 0.5) is 5.82 Å². The molecule has 0 amide bonds. The predicted octanol–water partition coefficient (Wildman–Crippen LogP) is 3.81. The fourth-order valence-corrected chi connectivity index (χ4v) is 3.92. The summed E-state index contributed by atoms with van der Waals surface area (Å²) in [4.78, 5) is 6.92. The van der Waals surface area contributed by atoms with E-state index < -0.39 is 0 Å². The third kappa shape index (κ3) is 5.04. The molecule has 1 aliphatic rings. The molecular weight excluding hydrogens is 302 g/mol. The van der Waals surface area contributed by atoms with Gasteiger partial charge in [0.2, 0.25) is 0 Å². The number of halogens is 1. The summed E-state index contributed by atoms with van der Waals surface area (Å²) in [7, 11) is 0. The van der Waals surface area contributed by atoms with Crippen molar-refractivity contribution in [3.63, 3.8) is 0 Å². The van der Waals surface area contributed by atoms with E-state index in [4.69, 9.17) is 11.6 Å². The zero-order valence-electron chi connectivity index (χ0n) is 13.4. The number of nitrogens with zero attached hydrogens (tertiary/aromatic N) is 2. The predicted molar refractivity (Wildman–Crippen MR) is 94.5 cm³/mol. The molecule has 1 fully saturated rings. The van der Waals surface area contributed by atoms with Gasteiger partial charge in [0, 0.05) is 36.3 Å². The third-order valence-electron chi connectivity index (χ3n) is 3.49. The summed E-state index contributed by atoms with van der Waals surface area (Å²) in [5.41, 5.74) is 1.15. The molecule has 118 valence electrons. The Kier molecular flexibility index (Phi) is 5.81. The molecule has 0 saturated carbocycles. The molecule has 0 atom stereocenters. The van der Waals surface area contributed by atoms with Crippen LogP contribution in [0, 0.1) is 5.92 Å². The highest BCUT2D eigenvalue weighted by atomic mass is 35.5. The molecule has 0 unspecified atom stereocenters. The topological polar surface area (TPSA) is 28.2 Å². The number of hydrogen-bond acceptors (Lipinski definition) is 4. The molecule has 1 aromatic rings. The zero-order chi connectivity index (χ0) is 15.5. The van der Waals surface area contributed by atoms with Crippen molar-refractivity contribution in [2.24, 2.45) is 5.92 Å².